The molecule has 84 valence electrons. The van der Waals surface area contributed by atoms with Gasteiger partial charge in [-0.3, -0.25) is 0 Å². The summed E-state index contributed by atoms with van der Waals surface area (Å²) < 4.78 is 7.40. The number of ether oxygens (including phenoxy) is 1. The lowest BCUT2D eigenvalue weighted by Gasteiger charge is -2.07. The van der Waals surface area contributed by atoms with Crippen LogP contribution in [0.4, 0.5) is 0 Å². The van der Waals surface area contributed by atoms with E-state index in [9.17, 15) is 0 Å². The highest BCUT2D eigenvalue weighted by Gasteiger charge is 2.17. The van der Waals surface area contributed by atoms with Crippen LogP contribution in [0.25, 0.3) is 0 Å². The van der Waals surface area contributed by atoms with E-state index >= 15 is 0 Å². The van der Waals surface area contributed by atoms with E-state index in [0.717, 1.165) is 29.8 Å². The van der Waals surface area contributed by atoms with Crippen LogP contribution in [0.1, 0.15) is 12.1 Å². The number of thioether (sulfide) groups is 1. The van der Waals surface area contributed by atoms with Crippen molar-refractivity contribution in [3.8, 4) is 0 Å². The maximum Gasteiger partial charge on any atom is 0.167 e. The number of imidazole rings is 1. The fraction of sp³-hybridized carbons (Fsp3) is 0.700. The molecule has 1 aromatic heterocycles. The first-order chi connectivity index (χ1) is 7.31. The largest absolute Gasteiger partial charge is 0.381 e. The predicted molar refractivity (Wildman–Crippen MR) is 62.4 cm³/mol. The van der Waals surface area contributed by atoms with Gasteiger partial charge >= 0.3 is 0 Å². The third-order valence-electron chi connectivity index (χ3n) is 2.65. The third-order valence-corrected chi connectivity index (χ3v) is 4.20. The van der Waals surface area contributed by atoms with Gasteiger partial charge < -0.3 is 9.30 Å². The van der Waals surface area contributed by atoms with Crippen molar-refractivity contribution in [2.75, 3.05) is 19.0 Å². The quantitative estimate of drug-likeness (QED) is 0.603. The molecule has 0 aliphatic carbocycles. The first-order valence-electron chi connectivity index (χ1n) is 5.08. The van der Waals surface area contributed by atoms with Crippen LogP contribution in [0.3, 0.4) is 0 Å². The average molecular weight is 247 g/mol. The molecule has 0 bridgehead atoms. The summed E-state index contributed by atoms with van der Waals surface area (Å²) in [6.45, 7) is 1.82. The Morgan fingerprint density at radius 2 is 2.60 bits per heavy atom. The highest BCUT2D eigenvalue weighted by molar-refractivity contribution is 7.99. The lowest BCUT2D eigenvalue weighted by atomic mass is 10.2. The van der Waals surface area contributed by atoms with Gasteiger partial charge in [-0.2, -0.15) is 0 Å². The summed E-state index contributed by atoms with van der Waals surface area (Å²) in [5.41, 5.74) is 1.07. The Bertz CT molecular complexity index is 323. The van der Waals surface area contributed by atoms with Crippen LogP contribution in [0, 0.1) is 5.92 Å². The fourth-order valence-corrected chi connectivity index (χ4v) is 2.93. The number of aromatic nitrogens is 2. The molecule has 5 heteroatoms. The first kappa shape index (κ1) is 11.3. The van der Waals surface area contributed by atoms with E-state index in [1.807, 2.05) is 13.2 Å². The van der Waals surface area contributed by atoms with Gasteiger partial charge in [-0.1, -0.05) is 11.8 Å². The molecule has 1 aliphatic rings. The molecule has 0 aromatic carbocycles. The van der Waals surface area contributed by atoms with E-state index in [4.69, 9.17) is 16.3 Å². The SMILES string of the molecule is Cn1c(CCl)cnc1SCC1CCOC1. The minimum absolute atomic E-state index is 0.524. The molecule has 0 amide bonds. The smallest absolute Gasteiger partial charge is 0.167 e. The molecule has 0 radical (unpaired) electrons. The van der Waals surface area contributed by atoms with Gasteiger partial charge in [0.25, 0.3) is 0 Å². The summed E-state index contributed by atoms with van der Waals surface area (Å²) >= 11 is 7.58. The molecule has 2 heterocycles. The fourth-order valence-electron chi connectivity index (χ4n) is 1.59. The van der Waals surface area contributed by atoms with Crippen molar-refractivity contribution in [2.45, 2.75) is 17.5 Å². The van der Waals surface area contributed by atoms with Crippen LogP contribution < -0.4 is 0 Å². The zero-order valence-corrected chi connectivity index (χ0v) is 10.4. The van der Waals surface area contributed by atoms with E-state index in [0.29, 0.717) is 11.8 Å². The topological polar surface area (TPSA) is 27.1 Å². The standard InChI is InChI=1S/C10H15ClN2OS/c1-13-9(4-11)5-12-10(13)15-7-8-2-3-14-6-8/h5,8H,2-4,6-7H2,1H3. The van der Waals surface area contributed by atoms with Crippen LogP contribution in [-0.2, 0) is 17.7 Å². The van der Waals surface area contributed by atoms with Gasteiger partial charge in [0.05, 0.1) is 24.4 Å². The molecule has 15 heavy (non-hydrogen) atoms. The van der Waals surface area contributed by atoms with Crippen LogP contribution in [-0.4, -0.2) is 28.5 Å². The Kier molecular flexibility index (Phi) is 3.94. The minimum atomic E-state index is 0.524. The molecule has 0 spiro atoms. The van der Waals surface area contributed by atoms with Gasteiger partial charge in [0, 0.05) is 19.4 Å². The number of alkyl halides is 1. The van der Waals surface area contributed by atoms with Gasteiger partial charge in [0.2, 0.25) is 0 Å². The van der Waals surface area contributed by atoms with Crippen molar-refractivity contribution in [3.63, 3.8) is 0 Å². The van der Waals surface area contributed by atoms with E-state index in [1.54, 1.807) is 11.8 Å². The first-order valence-corrected chi connectivity index (χ1v) is 6.60. The molecule has 0 N–H and O–H groups in total. The molecule has 1 aromatic rings. The van der Waals surface area contributed by atoms with Crippen molar-refractivity contribution in [1.29, 1.82) is 0 Å². The summed E-state index contributed by atoms with van der Waals surface area (Å²) in [6, 6.07) is 0. The van der Waals surface area contributed by atoms with Crippen molar-refractivity contribution in [3.05, 3.63) is 11.9 Å². The highest BCUT2D eigenvalue weighted by Crippen LogP contribution is 2.24. The second-order valence-electron chi connectivity index (χ2n) is 3.77. The molecular weight excluding hydrogens is 232 g/mol. The van der Waals surface area contributed by atoms with Crippen LogP contribution >= 0.6 is 23.4 Å². The van der Waals surface area contributed by atoms with Crippen molar-refractivity contribution in [2.24, 2.45) is 13.0 Å². The van der Waals surface area contributed by atoms with Gasteiger partial charge in [0.1, 0.15) is 0 Å². The van der Waals surface area contributed by atoms with E-state index < -0.39 is 0 Å². The Hall–Kier alpha value is -0.190. The molecule has 0 saturated carbocycles. The number of nitrogens with zero attached hydrogens (tertiary/aromatic N) is 2. The zero-order valence-electron chi connectivity index (χ0n) is 8.78. The summed E-state index contributed by atoms with van der Waals surface area (Å²) in [5, 5.41) is 1.05. The van der Waals surface area contributed by atoms with Gasteiger partial charge in [0.15, 0.2) is 5.16 Å². The monoisotopic (exact) mass is 246 g/mol. The maximum absolute atomic E-state index is 5.78. The predicted octanol–water partition coefficient (Wildman–Crippen LogP) is 2.29. The van der Waals surface area contributed by atoms with Crippen LogP contribution in [0.2, 0.25) is 0 Å². The van der Waals surface area contributed by atoms with Crippen molar-refractivity contribution in [1.82, 2.24) is 9.55 Å². The lowest BCUT2D eigenvalue weighted by molar-refractivity contribution is 0.189. The molecule has 1 fully saturated rings. The van der Waals surface area contributed by atoms with Gasteiger partial charge in [-0.25, -0.2) is 4.98 Å². The summed E-state index contributed by atoms with van der Waals surface area (Å²) in [6.07, 6.45) is 3.03. The van der Waals surface area contributed by atoms with E-state index in [2.05, 4.69) is 9.55 Å². The lowest BCUT2D eigenvalue weighted by Crippen LogP contribution is -2.04. The minimum Gasteiger partial charge on any atom is -0.381 e. The summed E-state index contributed by atoms with van der Waals surface area (Å²) in [4.78, 5) is 4.35. The number of hydrogen-bond acceptors (Lipinski definition) is 3. The molecule has 2 rings (SSSR count). The summed E-state index contributed by atoms with van der Waals surface area (Å²) in [7, 11) is 2.01. The van der Waals surface area contributed by atoms with Crippen LogP contribution in [0.5, 0.6) is 0 Å². The zero-order chi connectivity index (χ0) is 10.7. The molecule has 1 atom stereocenters. The Morgan fingerprint density at radius 3 is 3.20 bits per heavy atom. The number of halogens is 1. The Morgan fingerprint density at radius 1 is 1.73 bits per heavy atom. The van der Waals surface area contributed by atoms with Gasteiger partial charge in [-0.15, -0.1) is 11.6 Å². The average Bonchev–Trinajstić information content (AvgIpc) is 2.85. The normalized spacial score (nSPS) is 21.1. The second kappa shape index (κ2) is 5.23. The molecular formula is C10H15ClN2OS. The van der Waals surface area contributed by atoms with Crippen molar-refractivity contribution < 1.29 is 4.74 Å². The third kappa shape index (κ3) is 2.68. The highest BCUT2D eigenvalue weighted by atomic mass is 35.5. The number of hydrogen-bond donors (Lipinski definition) is 0. The molecule has 1 unspecified atom stereocenters. The van der Waals surface area contributed by atoms with E-state index in [1.165, 1.54) is 6.42 Å². The van der Waals surface area contributed by atoms with Crippen LogP contribution in [0.15, 0.2) is 11.4 Å². The summed E-state index contributed by atoms with van der Waals surface area (Å²) in [5.74, 6) is 2.30. The molecule has 1 aliphatic heterocycles. The molecule has 3 nitrogen and oxygen atoms in total. The van der Waals surface area contributed by atoms with Crippen molar-refractivity contribution >= 4 is 23.4 Å². The maximum atomic E-state index is 5.78. The molecule has 1 saturated heterocycles. The Balaban J connectivity index is 1.89. The van der Waals surface area contributed by atoms with E-state index in [-0.39, 0.29) is 0 Å². The number of rotatable bonds is 4. The van der Waals surface area contributed by atoms with Gasteiger partial charge in [-0.05, 0) is 12.3 Å². The Labute approximate surface area is 99.2 Å². The second-order valence-corrected chi connectivity index (χ2v) is 5.02.